The van der Waals surface area contributed by atoms with Gasteiger partial charge in [0.15, 0.2) is 0 Å². The number of hydrogen-bond donors (Lipinski definition) is 2. The summed E-state index contributed by atoms with van der Waals surface area (Å²) in [5.74, 6) is -0.850. The third-order valence-electron chi connectivity index (χ3n) is 6.38. The fraction of sp³-hybridized carbons (Fsp3) is 0.519. The number of benzene rings is 1. The van der Waals surface area contributed by atoms with Crippen molar-refractivity contribution >= 4 is 17.8 Å². The number of nitrogens with one attached hydrogen (secondary N) is 2. The lowest BCUT2D eigenvalue weighted by molar-refractivity contribution is -0.127. The number of aryl methyl sites for hydroxylation is 2. The minimum atomic E-state index is -0.430. The maximum Gasteiger partial charge on any atom is 0.340 e. The average molecular weight is 468 g/mol. The Morgan fingerprint density at radius 3 is 2.53 bits per heavy atom. The third-order valence-corrected chi connectivity index (χ3v) is 6.38. The van der Waals surface area contributed by atoms with Crippen LogP contribution in [0.1, 0.15) is 77.7 Å². The Balaban J connectivity index is 1.60. The van der Waals surface area contributed by atoms with Crippen LogP contribution in [0.3, 0.4) is 0 Å². The highest BCUT2D eigenvalue weighted by Gasteiger charge is 2.32. The topological polar surface area (TPSA) is 91.5 Å². The Morgan fingerprint density at radius 1 is 1.15 bits per heavy atom. The van der Waals surface area contributed by atoms with E-state index < -0.39 is 5.97 Å². The molecule has 0 bridgehead atoms. The molecule has 3 rings (SSSR count). The summed E-state index contributed by atoms with van der Waals surface area (Å²) < 4.78 is 5.33. The number of carbonyl (C=O) groups is 3. The van der Waals surface area contributed by atoms with Crippen molar-refractivity contribution < 1.29 is 19.1 Å². The monoisotopic (exact) mass is 467 g/mol. The molecule has 1 aromatic carbocycles. The predicted molar refractivity (Wildman–Crippen MR) is 132 cm³/mol. The summed E-state index contributed by atoms with van der Waals surface area (Å²) in [5.41, 5.74) is 3.27. The van der Waals surface area contributed by atoms with E-state index >= 15 is 0 Å². The van der Waals surface area contributed by atoms with Gasteiger partial charge in [-0.25, -0.2) is 4.79 Å². The number of ether oxygens (including phenoxy) is 1. The Kier molecular flexibility index (Phi) is 8.53. The van der Waals surface area contributed by atoms with Crippen molar-refractivity contribution in [2.75, 3.05) is 13.1 Å². The van der Waals surface area contributed by atoms with Gasteiger partial charge in [-0.1, -0.05) is 30.3 Å². The van der Waals surface area contributed by atoms with Crippen LogP contribution in [0.5, 0.6) is 0 Å². The minimum Gasteiger partial charge on any atom is -0.459 e. The molecule has 34 heavy (non-hydrogen) atoms. The van der Waals surface area contributed by atoms with Crippen LogP contribution >= 0.6 is 0 Å². The summed E-state index contributed by atoms with van der Waals surface area (Å²) >= 11 is 0. The van der Waals surface area contributed by atoms with Gasteiger partial charge in [-0.3, -0.25) is 9.59 Å². The molecule has 1 saturated heterocycles. The van der Waals surface area contributed by atoms with Crippen LogP contribution in [0.4, 0.5) is 0 Å². The summed E-state index contributed by atoms with van der Waals surface area (Å²) in [4.78, 5) is 43.5. The number of carbonyl (C=O) groups excluding carboxylic acids is 3. The lowest BCUT2D eigenvalue weighted by Crippen LogP contribution is -2.47. The van der Waals surface area contributed by atoms with Crippen molar-refractivity contribution in [2.45, 2.75) is 72.4 Å². The molecular formula is C27H37N3O4. The number of aromatic amines is 1. The molecule has 0 saturated carbocycles. The molecule has 0 spiro atoms. The molecule has 7 nitrogen and oxygen atoms in total. The van der Waals surface area contributed by atoms with E-state index in [2.05, 4.69) is 22.4 Å². The van der Waals surface area contributed by atoms with Gasteiger partial charge in [-0.2, -0.15) is 0 Å². The van der Waals surface area contributed by atoms with Crippen LogP contribution in [0.2, 0.25) is 0 Å². The average Bonchev–Trinajstić information content (AvgIpc) is 3.11. The van der Waals surface area contributed by atoms with E-state index in [-0.39, 0.29) is 29.9 Å². The second-order valence-corrected chi connectivity index (χ2v) is 9.60. The third kappa shape index (κ3) is 6.27. The van der Waals surface area contributed by atoms with Crippen LogP contribution in [-0.2, 0) is 16.0 Å². The zero-order valence-corrected chi connectivity index (χ0v) is 20.9. The van der Waals surface area contributed by atoms with Crippen LogP contribution < -0.4 is 5.32 Å². The smallest absolute Gasteiger partial charge is 0.340 e. The summed E-state index contributed by atoms with van der Waals surface area (Å²) in [7, 11) is 0. The van der Waals surface area contributed by atoms with Gasteiger partial charge < -0.3 is 19.9 Å². The molecule has 0 unspecified atom stereocenters. The van der Waals surface area contributed by atoms with Crippen molar-refractivity contribution in [2.24, 2.45) is 5.92 Å². The van der Waals surface area contributed by atoms with Gasteiger partial charge in [0.25, 0.3) is 5.91 Å². The lowest BCUT2D eigenvalue weighted by atomic mass is 9.96. The van der Waals surface area contributed by atoms with Crippen LogP contribution in [0.25, 0.3) is 0 Å². The first-order valence-corrected chi connectivity index (χ1v) is 12.2. The second-order valence-electron chi connectivity index (χ2n) is 9.60. The van der Waals surface area contributed by atoms with Gasteiger partial charge in [0.05, 0.1) is 17.6 Å². The zero-order valence-electron chi connectivity index (χ0n) is 20.9. The molecule has 2 amide bonds. The maximum absolute atomic E-state index is 13.3. The highest BCUT2D eigenvalue weighted by molar-refractivity contribution is 6.00. The second kappa shape index (κ2) is 11.4. The van der Waals surface area contributed by atoms with Gasteiger partial charge in [-0.05, 0) is 71.4 Å². The van der Waals surface area contributed by atoms with E-state index in [1.807, 2.05) is 25.1 Å². The largest absolute Gasteiger partial charge is 0.459 e. The van der Waals surface area contributed by atoms with Crippen molar-refractivity contribution in [3.63, 3.8) is 0 Å². The quantitative estimate of drug-likeness (QED) is 0.570. The fourth-order valence-corrected chi connectivity index (χ4v) is 4.54. The Hall–Kier alpha value is -3.09. The molecule has 2 N–H and O–H groups in total. The molecule has 184 valence electrons. The number of amides is 2. The van der Waals surface area contributed by atoms with Gasteiger partial charge in [0, 0.05) is 24.8 Å². The van der Waals surface area contributed by atoms with Gasteiger partial charge in [-0.15, -0.1) is 0 Å². The van der Waals surface area contributed by atoms with E-state index in [9.17, 15) is 14.4 Å². The first-order valence-electron chi connectivity index (χ1n) is 12.2. The minimum absolute atomic E-state index is 0.00125. The normalized spacial score (nSPS) is 16.9. The summed E-state index contributed by atoms with van der Waals surface area (Å²) in [5, 5.41) is 3.13. The zero-order chi connectivity index (χ0) is 24.8. The van der Waals surface area contributed by atoms with Crippen molar-refractivity contribution in [1.82, 2.24) is 15.2 Å². The number of nitrogens with zero attached hydrogens (tertiary/aromatic N) is 1. The van der Waals surface area contributed by atoms with Crippen molar-refractivity contribution in [1.29, 1.82) is 0 Å². The molecule has 7 heteroatoms. The Bertz CT molecular complexity index is 1010. The number of likely N-dealkylation sites (tertiary alicyclic amines) is 1. The van der Waals surface area contributed by atoms with Crippen molar-refractivity contribution in [3.8, 4) is 0 Å². The lowest BCUT2D eigenvalue weighted by Gasteiger charge is -2.32. The molecule has 0 aliphatic carbocycles. The fourth-order valence-electron chi connectivity index (χ4n) is 4.54. The molecule has 1 aliphatic rings. The SMILES string of the molecule is Cc1[nH]c(C(=O)N2CCC[C@@H](C(=O)N[C@@H](C)CCc3ccccc3)C2)c(C)c1C(=O)OC(C)C. The van der Waals surface area contributed by atoms with Crippen LogP contribution in [-0.4, -0.2) is 52.9 Å². The Morgan fingerprint density at radius 2 is 1.85 bits per heavy atom. The van der Waals surface area contributed by atoms with E-state index in [1.165, 1.54) is 5.56 Å². The van der Waals surface area contributed by atoms with E-state index in [0.717, 1.165) is 25.7 Å². The van der Waals surface area contributed by atoms with Gasteiger partial charge in [0.1, 0.15) is 5.69 Å². The predicted octanol–water partition coefficient (Wildman–Crippen LogP) is 4.19. The molecule has 0 radical (unpaired) electrons. The highest BCUT2D eigenvalue weighted by atomic mass is 16.5. The number of rotatable bonds is 8. The summed E-state index contributed by atoms with van der Waals surface area (Å²) in [6.45, 7) is 10.1. The number of aromatic nitrogens is 1. The number of piperidine rings is 1. The molecule has 2 heterocycles. The van der Waals surface area contributed by atoms with Crippen molar-refractivity contribution in [3.05, 3.63) is 58.4 Å². The highest BCUT2D eigenvalue weighted by Crippen LogP contribution is 2.24. The molecule has 1 aromatic heterocycles. The number of H-pyrrole nitrogens is 1. The molecule has 2 atom stereocenters. The summed E-state index contributed by atoms with van der Waals surface area (Å²) in [6.07, 6.45) is 3.06. The molecule has 2 aromatic rings. The van der Waals surface area contributed by atoms with Gasteiger partial charge in [0.2, 0.25) is 5.91 Å². The van der Waals surface area contributed by atoms with Gasteiger partial charge >= 0.3 is 5.97 Å². The molecule has 1 fully saturated rings. The van der Waals surface area contributed by atoms with Crippen LogP contribution in [0.15, 0.2) is 30.3 Å². The molecule has 1 aliphatic heterocycles. The first-order chi connectivity index (χ1) is 16.2. The standard InChI is InChI=1S/C27H37N3O4/c1-17(2)34-27(33)23-19(4)24(29-20(23)5)26(32)30-15-9-12-22(16-30)25(31)28-18(3)13-14-21-10-7-6-8-11-21/h6-8,10-11,17-18,22,29H,9,12-16H2,1-5H3,(H,28,31)/t18-,22+/m0/s1. The Labute approximate surface area is 202 Å². The van der Waals surface area contributed by atoms with Crippen LogP contribution in [0, 0.1) is 19.8 Å². The van der Waals surface area contributed by atoms with E-state index in [1.54, 1.807) is 32.6 Å². The van der Waals surface area contributed by atoms with E-state index in [4.69, 9.17) is 4.74 Å². The van der Waals surface area contributed by atoms with E-state index in [0.29, 0.717) is 35.6 Å². The first kappa shape index (κ1) is 25.5. The molecular weight excluding hydrogens is 430 g/mol. The number of esters is 1. The summed E-state index contributed by atoms with van der Waals surface area (Å²) in [6, 6.07) is 10.3. The number of hydrogen-bond acceptors (Lipinski definition) is 4. The maximum atomic E-state index is 13.3.